The summed E-state index contributed by atoms with van der Waals surface area (Å²) in [4.78, 5) is 0. The number of hydrogen-bond acceptors (Lipinski definition) is 3. The van der Waals surface area contributed by atoms with Gasteiger partial charge in [-0.25, -0.2) is 8.78 Å². The van der Waals surface area contributed by atoms with E-state index in [1.54, 1.807) is 0 Å². The normalized spacial score (nSPS) is 29.8. The molecule has 1 saturated heterocycles. The monoisotopic (exact) mass is 172 g/mol. The van der Waals surface area contributed by atoms with Crippen molar-refractivity contribution in [2.45, 2.75) is 12.3 Å². The molecule has 0 aromatic carbocycles. The van der Waals surface area contributed by atoms with Gasteiger partial charge in [-0.2, -0.15) is 8.42 Å². The van der Waals surface area contributed by atoms with Crippen LogP contribution in [-0.4, -0.2) is 26.7 Å². The van der Waals surface area contributed by atoms with Crippen molar-refractivity contribution in [3.63, 3.8) is 0 Å². The van der Waals surface area contributed by atoms with E-state index in [-0.39, 0.29) is 0 Å². The van der Waals surface area contributed by atoms with Crippen molar-refractivity contribution >= 4 is 10.1 Å². The Morgan fingerprint density at radius 3 is 2.30 bits per heavy atom. The summed E-state index contributed by atoms with van der Waals surface area (Å²) in [5.74, 6) is -4.28. The Labute approximate surface area is 57.1 Å². The van der Waals surface area contributed by atoms with E-state index in [0.717, 1.165) is 0 Å². The van der Waals surface area contributed by atoms with E-state index in [0.29, 0.717) is 0 Å². The predicted molar refractivity (Wildman–Crippen MR) is 29.3 cm³/mol. The van der Waals surface area contributed by atoms with E-state index in [1.807, 2.05) is 0 Å². The van der Waals surface area contributed by atoms with Gasteiger partial charge in [0.25, 0.3) is 16.0 Å². The molecule has 3 nitrogen and oxygen atoms in total. The zero-order chi connectivity index (χ0) is 7.83. The van der Waals surface area contributed by atoms with Gasteiger partial charge in [0.15, 0.2) is 0 Å². The zero-order valence-corrected chi connectivity index (χ0v) is 5.83. The van der Waals surface area contributed by atoms with Crippen LogP contribution in [0.2, 0.25) is 0 Å². The molecule has 0 atom stereocenters. The van der Waals surface area contributed by atoms with Gasteiger partial charge in [-0.05, 0) is 0 Å². The molecule has 0 aliphatic carbocycles. The summed E-state index contributed by atoms with van der Waals surface area (Å²) in [6.45, 7) is -0.407. The standard InChI is InChI=1S/C4H6F2O3S/c5-4(6)1-2-9-10(7,8)3-4/h1-3H2. The zero-order valence-electron chi connectivity index (χ0n) is 5.01. The molecule has 6 heteroatoms. The van der Waals surface area contributed by atoms with Gasteiger partial charge in [-0.3, -0.25) is 4.18 Å². The van der Waals surface area contributed by atoms with Crippen molar-refractivity contribution in [2.24, 2.45) is 0 Å². The lowest BCUT2D eigenvalue weighted by Crippen LogP contribution is -2.35. The first-order valence-corrected chi connectivity index (χ1v) is 4.24. The Balaban J connectivity index is 2.75. The van der Waals surface area contributed by atoms with Crippen molar-refractivity contribution in [1.82, 2.24) is 0 Å². The third-order valence-electron chi connectivity index (χ3n) is 1.12. The first kappa shape index (κ1) is 7.87. The maximum atomic E-state index is 12.2. The average Bonchev–Trinajstić information content (AvgIpc) is 1.56. The SMILES string of the molecule is O=S1(=O)CC(F)(F)CCO1. The van der Waals surface area contributed by atoms with Crippen molar-refractivity contribution < 1.29 is 21.4 Å². The molecule has 1 aliphatic rings. The van der Waals surface area contributed by atoms with Crippen LogP contribution in [0.4, 0.5) is 8.78 Å². The highest BCUT2D eigenvalue weighted by atomic mass is 32.2. The molecule has 60 valence electrons. The Morgan fingerprint density at radius 2 is 2.00 bits per heavy atom. The molecule has 0 aromatic rings. The number of halogens is 2. The van der Waals surface area contributed by atoms with Crippen molar-refractivity contribution in [3.05, 3.63) is 0 Å². The first-order valence-electron chi connectivity index (χ1n) is 2.66. The highest BCUT2D eigenvalue weighted by Gasteiger charge is 2.40. The van der Waals surface area contributed by atoms with Gasteiger partial charge < -0.3 is 0 Å². The molecule has 1 rings (SSSR count). The molecule has 10 heavy (non-hydrogen) atoms. The molecule has 0 aromatic heterocycles. The van der Waals surface area contributed by atoms with E-state index in [9.17, 15) is 17.2 Å². The van der Waals surface area contributed by atoms with Crippen molar-refractivity contribution in [1.29, 1.82) is 0 Å². The third kappa shape index (κ3) is 1.88. The van der Waals surface area contributed by atoms with Crippen LogP contribution >= 0.6 is 0 Å². The van der Waals surface area contributed by atoms with Gasteiger partial charge >= 0.3 is 0 Å². The molecule has 0 radical (unpaired) electrons. The molecule has 0 amide bonds. The lowest BCUT2D eigenvalue weighted by Gasteiger charge is -2.20. The maximum Gasteiger partial charge on any atom is 0.273 e. The minimum absolute atomic E-state index is 0.407. The van der Waals surface area contributed by atoms with Crippen LogP contribution in [0.5, 0.6) is 0 Å². The lowest BCUT2D eigenvalue weighted by molar-refractivity contribution is -0.00943. The molecular formula is C4H6F2O3S. The van der Waals surface area contributed by atoms with E-state index in [4.69, 9.17) is 0 Å². The van der Waals surface area contributed by atoms with Crippen LogP contribution in [0, 0.1) is 0 Å². The summed E-state index contributed by atoms with van der Waals surface area (Å²) in [5, 5.41) is 0. The van der Waals surface area contributed by atoms with Crippen molar-refractivity contribution in [2.75, 3.05) is 12.4 Å². The van der Waals surface area contributed by atoms with E-state index < -0.39 is 34.8 Å². The first-order chi connectivity index (χ1) is 4.41. The molecule has 1 aliphatic heterocycles. The molecule has 0 unspecified atom stereocenters. The number of alkyl halides is 2. The van der Waals surface area contributed by atoms with Gasteiger partial charge in [0.1, 0.15) is 5.75 Å². The second-order valence-corrected chi connectivity index (χ2v) is 3.77. The maximum absolute atomic E-state index is 12.2. The molecule has 0 saturated carbocycles. The lowest BCUT2D eigenvalue weighted by atomic mass is 10.3. The Bertz CT molecular complexity index is 221. The quantitative estimate of drug-likeness (QED) is 0.496. The Morgan fingerprint density at radius 1 is 1.40 bits per heavy atom. The molecule has 0 N–H and O–H groups in total. The average molecular weight is 172 g/mol. The summed E-state index contributed by atoms with van der Waals surface area (Å²) < 4.78 is 49.3. The largest absolute Gasteiger partial charge is 0.273 e. The Hall–Kier alpha value is -0.230. The second kappa shape index (κ2) is 2.13. The van der Waals surface area contributed by atoms with E-state index in [1.165, 1.54) is 0 Å². The van der Waals surface area contributed by atoms with Crippen LogP contribution in [0.1, 0.15) is 6.42 Å². The third-order valence-corrected chi connectivity index (χ3v) is 2.42. The van der Waals surface area contributed by atoms with Gasteiger partial charge in [-0.1, -0.05) is 0 Å². The van der Waals surface area contributed by atoms with Crippen LogP contribution in [0.3, 0.4) is 0 Å². The van der Waals surface area contributed by atoms with Crippen LogP contribution in [0.15, 0.2) is 0 Å². The fourth-order valence-electron chi connectivity index (χ4n) is 0.690. The van der Waals surface area contributed by atoms with E-state index >= 15 is 0 Å². The number of rotatable bonds is 0. The molecule has 0 spiro atoms. The van der Waals surface area contributed by atoms with Gasteiger partial charge in [0.2, 0.25) is 0 Å². The fraction of sp³-hybridized carbons (Fsp3) is 1.00. The van der Waals surface area contributed by atoms with E-state index in [2.05, 4.69) is 4.18 Å². The van der Waals surface area contributed by atoms with Crippen LogP contribution in [-0.2, 0) is 14.3 Å². The summed E-state index contributed by atoms with van der Waals surface area (Å²) >= 11 is 0. The molecule has 1 fully saturated rings. The smallest absolute Gasteiger partial charge is 0.270 e. The summed E-state index contributed by atoms with van der Waals surface area (Å²) in [6.07, 6.45) is -0.508. The second-order valence-electron chi connectivity index (χ2n) is 2.13. The number of hydrogen-bond donors (Lipinski definition) is 0. The molecule has 0 bridgehead atoms. The minimum atomic E-state index is -3.94. The van der Waals surface area contributed by atoms with Crippen molar-refractivity contribution in [3.8, 4) is 0 Å². The highest BCUT2D eigenvalue weighted by Crippen LogP contribution is 2.25. The summed E-state index contributed by atoms with van der Waals surface area (Å²) in [5.41, 5.74) is 0. The van der Waals surface area contributed by atoms with Gasteiger partial charge in [-0.15, -0.1) is 0 Å². The Kier molecular flexibility index (Phi) is 1.68. The highest BCUT2D eigenvalue weighted by molar-refractivity contribution is 7.86. The fourth-order valence-corrected chi connectivity index (χ4v) is 1.77. The molecular weight excluding hydrogens is 166 g/mol. The van der Waals surface area contributed by atoms with Gasteiger partial charge in [0.05, 0.1) is 6.61 Å². The van der Waals surface area contributed by atoms with Crippen LogP contribution in [0.25, 0.3) is 0 Å². The topological polar surface area (TPSA) is 43.4 Å². The molecule has 1 heterocycles. The summed E-state index contributed by atoms with van der Waals surface area (Å²) in [7, 11) is -3.94. The minimum Gasteiger partial charge on any atom is -0.270 e. The summed E-state index contributed by atoms with van der Waals surface area (Å²) in [6, 6.07) is 0. The predicted octanol–water partition coefficient (Wildman–Crippen LogP) is 0.372. The van der Waals surface area contributed by atoms with Crippen LogP contribution < -0.4 is 0 Å². The van der Waals surface area contributed by atoms with Gasteiger partial charge in [0, 0.05) is 6.42 Å².